The van der Waals surface area contributed by atoms with E-state index in [0.29, 0.717) is 32.1 Å². The molecule has 0 saturated carbocycles. The van der Waals surface area contributed by atoms with Crippen LogP contribution in [0.3, 0.4) is 0 Å². The van der Waals surface area contributed by atoms with Crippen LogP contribution in [0.25, 0.3) is 40.1 Å². The Bertz CT molecular complexity index is 2150. The zero-order chi connectivity index (χ0) is 29.4. The number of sulfonamides is 1. The first-order chi connectivity index (χ1) is 20.2. The molecule has 210 valence electrons. The summed E-state index contributed by atoms with van der Waals surface area (Å²) in [6, 6.07) is 22.0. The van der Waals surface area contributed by atoms with Crippen molar-refractivity contribution in [2.24, 2.45) is 0 Å². The van der Waals surface area contributed by atoms with Gasteiger partial charge in [-0.2, -0.15) is 14.6 Å². The second-order valence-corrected chi connectivity index (χ2v) is 12.7. The molecule has 0 N–H and O–H groups in total. The summed E-state index contributed by atoms with van der Waals surface area (Å²) in [5.74, 6) is 0.0406. The molecule has 3 heterocycles. The molecule has 0 saturated heterocycles. The minimum atomic E-state index is -3.59. The molecule has 12 heteroatoms. The van der Waals surface area contributed by atoms with Crippen molar-refractivity contribution in [2.45, 2.75) is 4.90 Å². The highest BCUT2D eigenvalue weighted by atomic mass is 32.2. The summed E-state index contributed by atoms with van der Waals surface area (Å²) in [5, 5.41) is 9.10. The van der Waals surface area contributed by atoms with Gasteiger partial charge in [0.05, 0.1) is 20.8 Å². The maximum atomic E-state index is 13.3. The van der Waals surface area contributed by atoms with Crippen LogP contribution in [-0.2, 0) is 10.0 Å². The molecular weight excluding hydrogens is 576 g/mol. The lowest BCUT2D eigenvalue weighted by atomic mass is 10.1. The highest BCUT2D eigenvalue weighted by Gasteiger charge is 2.18. The first-order valence-corrected chi connectivity index (χ1v) is 15.0. The van der Waals surface area contributed by atoms with Crippen LogP contribution in [0.4, 0.5) is 4.39 Å². The lowest BCUT2D eigenvalue weighted by Crippen LogP contribution is -2.23. The van der Waals surface area contributed by atoms with Gasteiger partial charge in [0.1, 0.15) is 5.82 Å². The van der Waals surface area contributed by atoms with E-state index >= 15 is 0 Å². The van der Waals surface area contributed by atoms with Gasteiger partial charge in [0.2, 0.25) is 15.0 Å². The van der Waals surface area contributed by atoms with Gasteiger partial charge in [-0.15, -0.1) is 5.10 Å². The minimum absolute atomic E-state index is 0.168. The Labute approximate surface area is 244 Å². The van der Waals surface area contributed by atoms with Crippen molar-refractivity contribution in [3.8, 4) is 16.9 Å². The van der Waals surface area contributed by atoms with Gasteiger partial charge in [0.25, 0.3) is 5.56 Å². The van der Waals surface area contributed by atoms with Crippen molar-refractivity contribution >= 4 is 44.5 Å². The van der Waals surface area contributed by atoms with Crippen LogP contribution in [0.2, 0.25) is 0 Å². The summed E-state index contributed by atoms with van der Waals surface area (Å²) < 4.78 is 42.8. The average molecular weight is 599 g/mol. The molecule has 0 aliphatic heterocycles. The van der Waals surface area contributed by atoms with E-state index in [4.69, 9.17) is 5.10 Å². The molecule has 42 heavy (non-hydrogen) atoms. The summed E-state index contributed by atoms with van der Waals surface area (Å²) in [6.45, 7) is 0. The second kappa shape index (κ2) is 10.9. The van der Waals surface area contributed by atoms with Crippen molar-refractivity contribution in [3.63, 3.8) is 0 Å². The molecule has 0 spiro atoms. The van der Waals surface area contributed by atoms with Gasteiger partial charge < -0.3 is 0 Å². The molecule has 3 aromatic heterocycles. The van der Waals surface area contributed by atoms with Crippen LogP contribution in [0.1, 0.15) is 17.0 Å². The second-order valence-electron chi connectivity index (χ2n) is 9.49. The van der Waals surface area contributed by atoms with E-state index in [9.17, 15) is 17.6 Å². The zero-order valence-corrected chi connectivity index (χ0v) is 24.1. The van der Waals surface area contributed by atoms with Crippen molar-refractivity contribution in [3.05, 3.63) is 123 Å². The molecule has 6 rings (SSSR count). The Morgan fingerprint density at radius 1 is 0.905 bits per heavy atom. The molecule has 0 aliphatic rings. The molecule has 0 unspecified atom stereocenters. The SMILES string of the molecule is CN(C)S(=O)(=O)c1ccc(-c2nn(-c3ccccc3)cc2/C=c2\sc3nc(/C=C/c4ccc(F)cc4)nn3c2=O)cc1. The number of halogens is 1. The Kier molecular flexibility index (Phi) is 7.11. The molecule has 0 aliphatic carbocycles. The van der Waals surface area contributed by atoms with Gasteiger partial charge in [-0.05, 0) is 54.1 Å². The highest BCUT2D eigenvalue weighted by molar-refractivity contribution is 7.89. The van der Waals surface area contributed by atoms with Crippen LogP contribution in [-0.4, -0.2) is 51.2 Å². The number of aromatic nitrogens is 5. The van der Waals surface area contributed by atoms with Gasteiger partial charge in [0.15, 0.2) is 5.82 Å². The van der Waals surface area contributed by atoms with Gasteiger partial charge in [0, 0.05) is 31.4 Å². The minimum Gasteiger partial charge on any atom is -0.266 e. The maximum absolute atomic E-state index is 13.3. The predicted molar refractivity (Wildman–Crippen MR) is 161 cm³/mol. The smallest absolute Gasteiger partial charge is 0.266 e. The van der Waals surface area contributed by atoms with Crippen molar-refractivity contribution in [2.75, 3.05) is 14.1 Å². The van der Waals surface area contributed by atoms with E-state index in [1.54, 1.807) is 59.3 Å². The molecule has 0 amide bonds. The Balaban J connectivity index is 1.40. The standard InChI is InChI=1S/C30H23FN6O3S2/c1-35(2)42(39,40)25-15-11-21(12-16-25)28-22(19-36(34-28)24-6-4-3-5-7-24)18-26-29(38)37-30(41-26)32-27(33-37)17-10-20-8-13-23(31)14-9-20/h3-19H,1-2H3/b17-10+,26-18-. The fourth-order valence-electron chi connectivity index (χ4n) is 4.23. The summed E-state index contributed by atoms with van der Waals surface area (Å²) in [4.78, 5) is 18.3. The van der Waals surface area contributed by atoms with Crippen LogP contribution in [0, 0.1) is 5.82 Å². The topological polar surface area (TPSA) is 102 Å². The third-order valence-electron chi connectivity index (χ3n) is 6.45. The third kappa shape index (κ3) is 5.30. The molecule has 0 fully saturated rings. The van der Waals surface area contributed by atoms with Gasteiger partial charge in [-0.3, -0.25) is 4.79 Å². The number of para-hydroxylation sites is 1. The molecule has 6 aromatic rings. The van der Waals surface area contributed by atoms with Crippen LogP contribution < -0.4 is 10.1 Å². The lowest BCUT2D eigenvalue weighted by molar-refractivity contribution is 0.521. The van der Waals surface area contributed by atoms with Gasteiger partial charge in [-0.1, -0.05) is 59.9 Å². The van der Waals surface area contributed by atoms with Crippen LogP contribution in [0.5, 0.6) is 0 Å². The van der Waals surface area contributed by atoms with Crippen LogP contribution in [0.15, 0.2) is 94.7 Å². The Morgan fingerprint density at radius 3 is 2.29 bits per heavy atom. The van der Waals surface area contributed by atoms with E-state index in [2.05, 4.69) is 10.1 Å². The summed E-state index contributed by atoms with van der Waals surface area (Å²) in [7, 11) is -0.624. The molecule has 0 bridgehead atoms. The lowest BCUT2D eigenvalue weighted by Gasteiger charge is -2.11. The monoisotopic (exact) mass is 598 g/mol. The number of rotatable bonds is 7. The molecule has 3 aromatic carbocycles. The fraction of sp³-hybridized carbons (Fsp3) is 0.0667. The first kappa shape index (κ1) is 27.4. The summed E-state index contributed by atoms with van der Waals surface area (Å²) >= 11 is 1.20. The Morgan fingerprint density at radius 2 is 1.62 bits per heavy atom. The van der Waals surface area contributed by atoms with Crippen molar-refractivity contribution in [1.29, 1.82) is 0 Å². The quantitative estimate of drug-likeness (QED) is 0.274. The van der Waals surface area contributed by atoms with Gasteiger partial charge >= 0.3 is 0 Å². The number of benzene rings is 3. The number of nitrogens with zero attached hydrogens (tertiary/aromatic N) is 6. The Hall–Kier alpha value is -4.78. The number of fused-ring (bicyclic) bond motifs is 1. The van der Waals surface area contributed by atoms with E-state index in [-0.39, 0.29) is 16.3 Å². The third-order valence-corrected chi connectivity index (χ3v) is 9.24. The maximum Gasteiger partial charge on any atom is 0.291 e. The number of hydrogen-bond acceptors (Lipinski definition) is 7. The fourth-order valence-corrected chi connectivity index (χ4v) is 6.04. The first-order valence-electron chi connectivity index (χ1n) is 12.7. The number of thiazole rings is 1. The molecular formula is C30H23FN6O3S2. The number of hydrogen-bond donors (Lipinski definition) is 0. The molecule has 0 radical (unpaired) electrons. The van der Waals surface area contributed by atoms with Crippen LogP contribution >= 0.6 is 11.3 Å². The average Bonchev–Trinajstić information content (AvgIpc) is 3.68. The van der Waals surface area contributed by atoms with Crippen molar-refractivity contribution in [1.82, 2.24) is 28.7 Å². The zero-order valence-electron chi connectivity index (χ0n) is 22.4. The normalized spacial score (nSPS) is 12.7. The van der Waals surface area contributed by atoms with E-state index < -0.39 is 10.0 Å². The van der Waals surface area contributed by atoms with Gasteiger partial charge in [-0.25, -0.2) is 21.8 Å². The van der Waals surface area contributed by atoms with E-state index in [0.717, 1.165) is 15.6 Å². The predicted octanol–water partition coefficient (Wildman–Crippen LogP) is 4.11. The largest absolute Gasteiger partial charge is 0.291 e. The van der Waals surface area contributed by atoms with E-state index in [1.807, 2.05) is 36.5 Å². The molecule has 0 atom stereocenters. The molecule has 9 nitrogen and oxygen atoms in total. The van der Waals surface area contributed by atoms with E-state index in [1.165, 1.54) is 42.1 Å². The van der Waals surface area contributed by atoms with Crippen molar-refractivity contribution < 1.29 is 12.8 Å². The summed E-state index contributed by atoms with van der Waals surface area (Å²) in [6.07, 6.45) is 6.97. The highest BCUT2D eigenvalue weighted by Crippen LogP contribution is 2.26. The summed E-state index contributed by atoms with van der Waals surface area (Å²) in [5.41, 5.74) is 3.21.